The van der Waals surface area contributed by atoms with Crippen LogP contribution in [0.25, 0.3) is 0 Å². The van der Waals surface area contributed by atoms with Crippen molar-refractivity contribution in [1.82, 2.24) is 25.1 Å². The van der Waals surface area contributed by atoms with E-state index in [1.165, 1.54) is 0 Å². The van der Waals surface area contributed by atoms with Gasteiger partial charge in [-0.15, -0.1) is 24.8 Å². The van der Waals surface area contributed by atoms with E-state index in [0.29, 0.717) is 37.2 Å². The van der Waals surface area contributed by atoms with Crippen molar-refractivity contribution in [2.75, 3.05) is 29.9 Å². The SMILES string of the molecule is CC[C@]1(C#N)CCN(c2ccnc(Nc3cnn(C4CNC4)c3)n2)C1=O.Cl.Cl. The van der Waals surface area contributed by atoms with Crippen LogP contribution in [0.3, 0.4) is 0 Å². The molecule has 2 saturated heterocycles. The number of carbonyl (C=O) groups is 1. The molecule has 150 valence electrons. The number of hydrogen-bond donors (Lipinski definition) is 2. The number of rotatable bonds is 5. The first-order valence-corrected chi connectivity index (χ1v) is 8.73. The van der Waals surface area contributed by atoms with E-state index in [1.807, 2.05) is 17.8 Å². The Morgan fingerprint density at radius 2 is 2.21 bits per heavy atom. The maximum Gasteiger partial charge on any atom is 0.248 e. The summed E-state index contributed by atoms with van der Waals surface area (Å²) < 4.78 is 1.91. The summed E-state index contributed by atoms with van der Waals surface area (Å²) in [5.41, 5.74) is -0.141. The van der Waals surface area contributed by atoms with Crippen LogP contribution in [0.4, 0.5) is 17.5 Å². The van der Waals surface area contributed by atoms with E-state index >= 15 is 0 Å². The molecule has 9 nitrogen and oxygen atoms in total. The molecule has 2 aromatic heterocycles. The monoisotopic (exact) mass is 424 g/mol. The van der Waals surface area contributed by atoms with E-state index in [1.54, 1.807) is 23.4 Å². The van der Waals surface area contributed by atoms with Gasteiger partial charge in [-0.1, -0.05) is 6.92 Å². The number of halogens is 2. The summed E-state index contributed by atoms with van der Waals surface area (Å²) in [4.78, 5) is 22.9. The number of carbonyl (C=O) groups excluding carboxylic acids is 1. The van der Waals surface area contributed by atoms with Gasteiger partial charge in [-0.25, -0.2) is 4.98 Å². The molecular weight excluding hydrogens is 403 g/mol. The maximum absolute atomic E-state index is 12.7. The predicted molar refractivity (Wildman–Crippen MR) is 109 cm³/mol. The van der Waals surface area contributed by atoms with Crippen LogP contribution in [0.5, 0.6) is 0 Å². The minimum atomic E-state index is -0.934. The summed E-state index contributed by atoms with van der Waals surface area (Å²) in [6.45, 7) is 4.20. The van der Waals surface area contributed by atoms with Crippen LogP contribution in [0, 0.1) is 16.7 Å². The van der Waals surface area contributed by atoms with Crippen molar-refractivity contribution < 1.29 is 4.79 Å². The van der Waals surface area contributed by atoms with Crippen LogP contribution in [0.2, 0.25) is 0 Å². The molecule has 11 heteroatoms. The molecule has 2 N–H and O–H groups in total. The molecule has 2 aliphatic rings. The minimum absolute atomic E-state index is 0. The molecule has 28 heavy (non-hydrogen) atoms. The lowest BCUT2D eigenvalue weighted by Crippen LogP contribution is -2.43. The molecule has 0 unspecified atom stereocenters. The van der Waals surface area contributed by atoms with Crippen LogP contribution >= 0.6 is 24.8 Å². The molecule has 0 saturated carbocycles. The van der Waals surface area contributed by atoms with Crippen LogP contribution in [-0.2, 0) is 4.79 Å². The fourth-order valence-corrected chi connectivity index (χ4v) is 3.25. The van der Waals surface area contributed by atoms with E-state index in [2.05, 4.69) is 31.8 Å². The summed E-state index contributed by atoms with van der Waals surface area (Å²) in [7, 11) is 0. The van der Waals surface area contributed by atoms with Crippen molar-refractivity contribution in [3.63, 3.8) is 0 Å². The summed E-state index contributed by atoms with van der Waals surface area (Å²) in [5.74, 6) is 0.721. The standard InChI is InChI=1S/C17H20N8O.2ClH/c1-2-17(11-18)4-6-24(15(17)26)14-3-5-20-16(23-14)22-12-7-21-25(10-12)13-8-19-9-13;;/h3,5,7,10,13,19H,2,4,6,8-9H2,1H3,(H,20,22,23);2*1H/t17-;;/m1../s1. The highest BCUT2D eigenvalue weighted by molar-refractivity contribution is 6.01. The molecule has 2 aliphatic heterocycles. The Labute approximate surface area is 175 Å². The summed E-state index contributed by atoms with van der Waals surface area (Å²) in [6, 6.07) is 4.26. The number of hydrogen-bond acceptors (Lipinski definition) is 7. The first kappa shape index (κ1) is 21.9. The zero-order valence-corrected chi connectivity index (χ0v) is 17.0. The van der Waals surface area contributed by atoms with Crippen molar-refractivity contribution in [1.29, 1.82) is 5.26 Å². The Bertz CT molecular complexity index is 878. The highest BCUT2D eigenvalue weighted by Gasteiger charge is 2.46. The first-order valence-electron chi connectivity index (χ1n) is 8.73. The Morgan fingerprint density at radius 1 is 1.43 bits per heavy atom. The Balaban J connectivity index is 0.00000140. The van der Waals surface area contributed by atoms with Crippen LogP contribution in [-0.4, -0.2) is 45.3 Å². The highest BCUT2D eigenvalue weighted by Crippen LogP contribution is 2.36. The van der Waals surface area contributed by atoms with Crippen molar-refractivity contribution in [2.45, 2.75) is 25.8 Å². The number of nitriles is 1. The van der Waals surface area contributed by atoms with Gasteiger partial charge in [-0.2, -0.15) is 15.3 Å². The number of anilines is 3. The largest absolute Gasteiger partial charge is 0.321 e. The normalized spacial score (nSPS) is 21.3. The smallest absolute Gasteiger partial charge is 0.248 e. The molecule has 1 atom stereocenters. The maximum atomic E-state index is 12.7. The topological polar surface area (TPSA) is 112 Å². The predicted octanol–water partition coefficient (Wildman–Crippen LogP) is 2.06. The number of amides is 1. The first-order chi connectivity index (χ1) is 12.6. The second-order valence-electron chi connectivity index (χ2n) is 6.64. The van der Waals surface area contributed by atoms with Gasteiger partial charge in [0, 0.05) is 32.0 Å². The van der Waals surface area contributed by atoms with Crippen LogP contribution in [0.1, 0.15) is 25.8 Å². The fourth-order valence-electron chi connectivity index (χ4n) is 3.25. The van der Waals surface area contributed by atoms with E-state index in [-0.39, 0.29) is 30.7 Å². The van der Waals surface area contributed by atoms with Gasteiger partial charge in [0.25, 0.3) is 0 Å². The lowest BCUT2D eigenvalue weighted by molar-refractivity contribution is -0.123. The van der Waals surface area contributed by atoms with Crippen molar-refractivity contribution in [3.05, 3.63) is 24.7 Å². The third-order valence-electron chi connectivity index (χ3n) is 5.14. The average molecular weight is 425 g/mol. The summed E-state index contributed by atoms with van der Waals surface area (Å²) >= 11 is 0. The third kappa shape index (κ3) is 3.76. The zero-order chi connectivity index (χ0) is 18.1. The molecule has 0 bridgehead atoms. The lowest BCUT2D eigenvalue weighted by Gasteiger charge is -2.27. The molecule has 2 fully saturated rings. The van der Waals surface area contributed by atoms with E-state index in [0.717, 1.165) is 18.8 Å². The van der Waals surface area contributed by atoms with Gasteiger partial charge in [-0.05, 0) is 18.9 Å². The van der Waals surface area contributed by atoms with Crippen molar-refractivity contribution >= 4 is 48.2 Å². The third-order valence-corrected chi connectivity index (χ3v) is 5.14. The molecule has 0 spiro atoms. The number of nitrogens with zero attached hydrogens (tertiary/aromatic N) is 6. The van der Waals surface area contributed by atoms with Gasteiger partial charge >= 0.3 is 0 Å². The quantitative estimate of drug-likeness (QED) is 0.754. The Morgan fingerprint density at radius 3 is 2.82 bits per heavy atom. The molecule has 4 rings (SSSR count). The van der Waals surface area contributed by atoms with Gasteiger partial charge in [-0.3, -0.25) is 14.4 Å². The Kier molecular flexibility index (Phi) is 6.82. The van der Waals surface area contributed by atoms with Crippen molar-refractivity contribution in [2.24, 2.45) is 5.41 Å². The van der Waals surface area contributed by atoms with E-state index < -0.39 is 5.41 Å². The van der Waals surface area contributed by atoms with Gasteiger partial charge in [0.15, 0.2) is 0 Å². The van der Waals surface area contributed by atoms with E-state index in [4.69, 9.17) is 0 Å². The van der Waals surface area contributed by atoms with Gasteiger partial charge in [0.1, 0.15) is 11.2 Å². The van der Waals surface area contributed by atoms with Crippen molar-refractivity contribution in [3.8, 4) is 6.07 Å². The highest BCUT2D eigenvalue weighted by atomic mass is 35.5. The molecule has 4 heterocycles. The van der Waals surface area contributed by atoms with Gasteiger partial charge < -0.3 is 10.6 Å². The minimum Gasteiger partial charge on any atom is -0.321 e. The molecule has 0 aliphatic carbocycles. The fraction of sp³-hybridized carbons (Fsp3) is 0.471. The summed E-state index contributed by atoms with van der Waals surface area (Å²) in [5, 5.41) is 20.1. The summed E-state index contributed by atoms with van der Waals surface area (Å²) in [6.07, 6.45) is 6.28. The molecule has 1 amide bonds. The molecular formula is C17H22Cl2N8O. The molecule has 0 radical (unpaired) electrons. The number of aromatic nitrogens is 4. The second kappa shape index (κ2) is 8.73. The van der Waals surface area contributed by atoms with Gasteiger partial charge in [0.2, 0.25) is 11.9 Å². The molecule has 0 aromatic carbocycles. The van der Waals surface area contributed by atoms with Crippen LogP contribution in [0.15, 0.2) is 24.7 Å². The average Bonchev–Trinajstić information content (AvgIpc) is 3.18. The van der Waals surface area contributed by atoms with E-state index in [9.17, 15) is 10.1 Å². The number of nitrogens with one attached hydrogen (secondary N) is 2. The van der Waals surface area contributed by atoms with Gasteiger partial charge in [0.05, 0.1) is 24.0 Å². The Hall–Kier alpha value is -2.41. The molecule has 2 aromatic rings. The zero-order valence-electron chi connectivity index (χ0n) is 15.3. The van der Waals surface area contributed by atoms with Crippen LogP contribution < -0.4 is 15.5 Å². The second-order valence-corrected chi connectivity index (χ2v) is 6.64. The lowest BCUT2D eigenvalue weighted by atomic mass is 9.85.